The third-order valence-corrected chi connectivity index (χ3v) is 3.11. The Hall–Kier alpha value is -3.08. The summed E-state index contributed by atoms with van der Waals surface area (Å²) in [4.78, 5) is 23.5. The van der Waals surface area contributed by atoms with Gasteiger partial charge in [-0.1, -0.05) is 36.9 Å². The third-order valence-electron chi connectivity index (χ3n) is 3.11. The first-order valence-corrected chi connectivity index (χ1v) is 6.98. The van der Waals surface area contributed by atoms with Crippen LogP contribution in [0.4, 0.5) is 5.69 Å². The maximum Gasteiger partial charge on any atom is 0.334 e. The molecule has 5 nitrogen and oxygen atoms in total. The van der Waals surface area contributed by atoms with E-state index in [1.165, 1.54) is 12.1 Å². The summed E-state index contributed by atoms with van der Waals surface area (Å²) in [5, 5.41) is 12.9. The second kappa shape index (κ2) is 7.26. The van der Waals surface area contributed by atoms with Crippen molar-refractivity contribution < 1.29 is 19.4 Å². The number of esters is 1. The number of nitrogens with one attached hydrogen (secondary N) is 1. The van der Waals surface area contributed by atoms with E-state index in [4.69, 9.17) is 4.74 Å². The number of hydrogen-bond acceptors (Lipinski definition) is 5. The van der Waals surface area contributed by atoms with Crippen LogP contribution in [0.15, 0.2) is 60.7 Å². The summed E-state index contributed by atoms with van der Waals surface area (Å²) in [6, 6.07) is 13.3. The lowest BCUT2D eigenvalue weighted by atomic mass is 10.0. The van der Waals surface area contributed by atoms with Gasteiger partial charge in [0.15, 0.2) is 12.5 Å². The summed E-state index contributed by atoms with van der Waals surface area (Å²) >= 11 is 0. The van der Waals surface area contributed by atoms with Gasteiger partial charge in [-0.05, 0) is 19.1 Å². The highest BCUT2D eigenvalue weighted by atomic mass is 16.5. The average molecular weight is 311 g/mol. The van der Waals surface area contributed by atoms with Crippen molar-refractivity contribution in [2.24, 2.45) is 0 Å². The molecule has 0 saturated carbocycles. The second-order valence-electron chi connectivity index (χ2n) is 4.96. The van der Waals surface area contributed by atoms with Crippen LogP contribution in [0.1, 0.15) is 22.8 Å². The van der Waals surface area contributed by atoms with Crippen molar-refractivity contribution >= 4 is 17.4 Å². The van der Waals surface area contributed by atoms with Gasteiger partial charge in [0.2, 0.25) is 0 Å². The van der Waals surface area contributed by atoms with Crippen LogP contribution < -0.4 is 5.32 Å². The summed E-state index contributed by atoms with van der Waals surface area (Å²) in [5.74, 6) is -0.906. The first kappa shape index (κ1) is 16.3. The Morgan fingerprint density at radius 1 is 1.17 bits per heavy atom. The summed E-state index contributed by atoms with van der Waals surface area (Å²) in [6.07, 6.45) is 0. The molecule has 2 aromatic carbocycles. The largest absolute Gasteiger partial charge is 0.507 e. The lowest BCUT2D eigenvalue weighted by Gasteiger charge is -2.10. The van der Waals surface area contributed by atoms with Crippen molar-refractivity contribution in [2.75, 3.05) is 12.0 Å². The number of aromatic hydroxyl groups is 1. The predicted molar refractivity (Wildman–Crippen MR) is 87.4 cm³/mol. The van der Waals surface area contributed by atoms with Gasteiger partial charge in [0.25, 0.3) is 0 Å². The smallest absolute Gasteiger partial charge is 0.334 e. The average Bonchev–Trinajstić information content (AvgIpc) is 2.55. The highest BCUT2D eigenvalue weighted by Crippen LogP contribution is 2.24. The molecule has 0 spiro atoms. The molecular weight excluding hydrogens is 294 g/mol. The number of anilines is 1. The molecule has 0 aliphatic carbocycles. The van der Waals surface area contributed by atoms with E-state index in [9.17, 15) is 14.7 Å². The van der Waals surface area contributed by atoms with Crippen LogP contribution in [0.25, 0.3) is 0 Å². The van der Waals surface area contributed by atoms with E-state index in [1.807, 2.05) is 6.07 Å². The van der Waals surface area contributed by atoms with Gasteiger partial charge < -0.3 is 15.2 Å². The molecule has 0 aromatic heterocycles. The molecule has 2 N–H and O–H groups in total. The molecule has 0 fully saturated rings. The van der Waals surface area contributed by atoms with Gasteiger partial charge in [-0.2, -0.15) is 0 Å². The minimum Gasteiger partial charge on any atom is -0.507 e. The zero-order valence-corrected chi connectivity index (χ0v) is 12.7. The van der Waals surface area contributed by atoms with E-state index in [0.29, 0.717) is 16.8 Å². The first-order chi connectivity index (χ1) is 11.0. The van der Waals surface area contributed by atoms with Crippen LogP contribution in [0.3, 0.4) is 0 Å². The van der Waals surface area contributed by atoms with E-state index in [0.717, 1.165) is 0 Å². The van der Waals surface area contributed by atoms with Crippen LogP contribution in [0.5, 0.6) is 5.75 Å². The van der Waals surface area contributed by atoms with E-state index in [2.05, 4.69) is 11.9 Å². The van der Waals surface area contributed by atoms with Gasteiger partial charge in [0, 0.05) is 22.9 Å². The highest BCUT2D eigenvalue weighted by Gasteiger charge is 2.13. The van der Waals surface area contributed by atoms with Crippen LogP contribution in [-0.4, -0.2) is 23.6 Å². The Kier molecular flexibility index (Phi) is 5.15. The molecule has 118 valence electrons. The molecule has 0 unspecified atom stereocenters. The van der Waals surface area contributed by atoms with Crippen LogP contribution in [-0.2, 0) is 9.53 Å². The fourth-order valence-electron chi connectivity index (χ4n) is 1.89. The number of rotatable bonds is 6. The number of phenolic OH excluding ortho intramolecular Hbond substituents is 1. The fraction of sp³-hybridized carbons (Fsp3) is 0.111. The highest BCUT2D eigenvalue weighted by molar-refractivity contribution is 6.10. The lowest BCUT2D eigenvalue weighted by molar-refractivity contribution is -0.138. The van der Waals surface area contributed by atoms with Gasteiger partial charge in [0.05, 0.1) is 5.56 Å². The summed E-state index contributed by atoms with van der Waals surface area (Å²) in [7, 11) is 0. The number of carbonyl (C=O) groups is 2. The maximum absolute atomic E-state index is 12.3. The Bertz CT molecular complexity index is 738. The lowest BCUT2D eigenvalue weighted by Crippen LogP contribution is -2.12. The Balaban J connectivity index is 2.05. The number of hydrogen-bond donors (Lipinski definition) is 2. The Morgan fingerprint density at radius 3 is 2.48 bits per heavy atom. The number of ketones is 1. The minimum absolute atomic E-state index is 0.0584. The fourth-order valence-corrected chi connectivity index (χ4v) is 1.89. The molecule has 2 aromatic rings. The standard InChI is InChI=1S/C18H17NO4/c1-12(2)18(22)23-11-19-14-8-9-15(16(20)10-14)17(21)13-6-4-3-5-7-13/h3-10,19-20H,1,11H2,2H3. The molecule has 0 aliphatic rings. The maximum atomic E-state index is 12.3. The Labute approximate surface area is 134 Å². The van der Waals surface area contributed by atoms with E-state index < -0.39 is 5.97 Å². The molecule has 0 aliphatic heterocycles. The molecule has 23 heavy (non-hydrogen) atoms. The third kappa shape index (κ3) is 4.20. The van der Waals surface area contributed by atoms with Crippen LogP contribution in [0, 0.1) is 0 Å². The van der Waals surface area contributed by atoms with E-state index in [1.54, 1.807) is 37.3 Å². The molecule has 0 radical (unpaired) electrons. The molecule has 0 bridgehead atoms. The number of phenols is 1. The quantitative estimate of drug-likeness (QED) is 0.371. The Morgan fingerprint density at radius 2 is 1.87 bits per heavy atom. The molecule has 2 rings (SSSR count). The zero-order chi connectivity index (χ0) is 16.8. The SMILES string of the molecule is C=C(C)C(=O)OCNc1ccc(C(=O)c2ccccc2)c(O)c1. The minimum atomic E-state index is -0.502. The van der Waals surface area contributed by atoms with Gasteiger partial charge >= 0.3 is 5.97 Å². The first-order valence-electron chi connectivity index (χ1n) is 6.98. The molecule has 0 heterocycles. The van der Waals surface area contributed by atoms with Crippen molar-refractivity contribution in [3.05, 3.63) is 71.8 Å². The predicted octanol–water partition coefficient (Wildman–Crippen LogP) is 3.11. The van der Waals surface area contributed by atoms with Crippen molar-refractivity contribution in [3.8, 4) is 5.75 Å². The normalized spacial score (nSPS) is 9.96. The number of carbonyl (C=O) groups excluding carboxylic acids is 2. The van der Waals surface area contributed by atoms with Crippen molar-refractivity contribution in [1.82, 2.24) is 0 Å². The van der Waals surface area contributed by atoms with Crippen LogP contribution in [0.2, 0.25) is 0 Å². The zero-order valence-electron chi connectivity index (χ0n) is 12.7. The van der Waals surface area contributed by atoms with Gasteiger partial charge in [-0.25, -0.2) is 4.79 Å². The van der Waals surface area contributed by atoms with Crippen molar-refractivity contribution in [2.45, 2.75) is 6.92 Å². The van der Waals surface area contributed by atoms with Crippen molar-refractivity contribution in [3.63, 3.8) is 0 Å². The number of ether oxygens (including phenoxy) is 1. The van der Waals surface area contributed by atoms with Crippen molar-refractivity contribution in [1.29, 1.82) is 0 Å². The van der Waals surface area contributed by atoms with E-state index >= 15 is 0 Å². The van der Waals surface area contributed by atoms with Crippen LogP contribution >= 0.6 is 0 Å². The topological polar surface area (TPSA) is 75.6 Å². The van der Waals surface area contributed by atoms with E-state index in [-0.39, 0.29) is 23.8 Å². The second-order valence-corrected chi connectivity index (χ2v) is 4.96. The molecule has 0 saturated heterocycles. The van der Waals surface area contributed by atoms with Gasteiger partial charge in [-0.3, -0.25) is 4.79 Å². The molecule has 0 amide bonds. The summed E-state index contributed by atoms with van der Waals surface area (Å²) in [6.45, 7) is 4.97. The summed E-state index contributed by atoms with van der Waals surface area (Å²) in [5.41, 5.74) is 1.54. The molecule has 5 heteroatoms. The summed E-state index contributed by atoms with van der Waals surface area (Å²) < 4.78 is 4.90. The molecule has 0 atom stereocenters. The molecular formula is C18H17NO4. The number of benzene rings is 2. The van der Waals surface area contributed by atoms with Gasteiger partial charge in [-0.15, -0.1) is 0 Å². The van der Waals surface area contributed by atoms with Gasteiger partial charge in [0.1, 0.15) is 5.75 Å². The monoisotopic (exact) mass is 311 g/mol.